The van der Waals surface area contributed by atoms with E-state index in [0.717, 1.165) is 22.3 Å². The fraction of sp³-hybridized carbons (Fsp3) is 0.125. The van der Waals surface area contributed by atoms with Gasteiger partial charge in [0.25, 0.3) is 0 Å². The van der Waals surface area contributed by atoms with E-state index in [1.54, 1.807) is 0 Å². The number of nitrogens with zero attached hydrogens (tertiary/aromatic N) is 1. The van der Waals surface area contributed by atoms with Crippen molar-refractivity contribution in [2.24, 2.45) is 0 Å². The Morgan fingerprint density at radius 1 is 0.600 bits per heavy atom. The molecule has 0 fully saturated rings. The first-order valence-corrected chi connectivity index (χ1v) is 13.2. The van der Waals surface area contributed by atoms with Crippen molar-refractivity contribution >= 4 is 34.4 Å². The Hall–Kier alpha value is -4.75. The van der Waals surface area contributed by atoms with Crippen molar-refractivity contribution in [1.82, 2.24) is 0 Å². The number of benzene rings is 4. The molecule has 0 aromatic heterocycles. The highest BCUT2D eigenvalue weighted by atomic mass is 35.5. The lowest BCUT2D eigenvalue weighted by Crippen LogP contribution is -2.22. The van der Waals surface area contributed by atoms with Crippen LogP contribution in [0.25, 0.3) is 0 Å². The molecule has 0 aliphatic rings. The van der Waals surface area contributed by atoms with Crippen molar-refractivity contribution in [2.45, 2.75) is 27.7 Å². The third-order valence-corrected chi connectivity index (χ3v) is 6.29. The van der Waals surface area contributed by atoms with Crippen molar-refractivity contribution < 1.29 is 4.92 Å². The van der Waals surface area contributed by atoms with Crippen LogP contribution in [0.15, 0.2) is 119 Å². The normalized spacial score (nSPS) is 11.2. The number of rotatable bonds is 10. The minimum Gasteiger partial charge on any atom is -0.347 e. The molecular formula is C32H32ClN5O2. The number of hydrogen-bond donors (Lipinski definition) is 4. The SMILES string of the molecule is Cc1cccc(NC(Nc2cccc(C)c2)=C(/C(Nc2cccc(C)c2)=C(/Cl)Nc2cccc(C)c2)[N+](=O)[O-])c1. The molecule has 0 amide bonds. The zero-order valence-corrected chi connectivity index (χ0v) is 23.6. The number of anilines is 4. The van der Waals surface area contributed by atoms with Crippen molar-refractivity contribution in [1.29, 1.82) is 0 Å². The first-order valence-electron chi connectivity index (χ1n) is 12.8. The van der Waals surface area contributed by atoms with Crippen LogP contribution in [0, 0.1) is 37.8 Å². The molecule has 204 valence electrons. The zero-order valence-electron chi connectivity index (χ0n) is 22.9. The summed E-state index contributed by atoms with van der Waals surface area (Å²) in [5.74, 6) is 0.153. The summed E-state index contributed by atoms with van der Waals surface area (Å²) in [7, 11) is 0. The van der Waals surface area contributed by atoms with E-state index >= 15 is 0 Å². The Morgan fingerprint density at radius 2 is 0.950 bits per heavy atom. The summed E-state index contributed by atoms with van der Waals surface area (Å²) in [6, 6.07) is 30.4. The topological polar surface area (TPSA) is 91.3 Å². The van der Waals surface area contributed by atoms with Gasteiger partial charge in [-0.25, -0.2) is 0 Å². The molecule has 0 unspecified atom stereocenters. The molecule has 0 saturated heterocycles. The summed E-state index contributed by atoms with van der Waals surface area (Å²) >= 11 is 6.87. The van der Waals surface area contributed by atoms with E-state index in [4.69, 9.17) is 11.6 Å². The van der Waals surface area contributed by atoms with Crippen LogP contribution in [0.3, 0.4) is 0 Å². The summed E-state index contributed by atoms with van der Waals surface area (Å²) in [6.07, 6.45) is 0. The van der Waals surface area contributed by atoms with Crippen LogP contribution in [0.1, 0.15) is 22.3 Å². The van der Waals surface area contributed by atoms with E-state index in [-0.39, 0.29) is 22.4 Å². The molecule has 0 radical (unpaired) electrons. The number of halogens is 1. The molecule has 8 heteroatoms. The smallest absolute Gasteiger partial charge is 0.335 e. The van der Waals surface area contributed by atoms with Gasteiger partial charge in [0.2, 0.25) is 0 Å². The van der Waals surface area contributed by atoms with Crippen molar-refractivity contribution in [3.8, 4) is 0 Å². The lowest BCUT2D eigenvalue weighted by atomic mass is 10.2. The molecule has 0 aliphatic heterocycles. The van der Waals surface area contributed by atoms with Gasteiger partial charge in [0.05, 0.1) is 4.92 Å². The first-order chi connectivity index (χ1) is 19.2. The van der Waals surface area contributed by atoms with Crippen molar-refractivity contribution in [2.75, 3.05) is 21.3 Å². The third kappa shape index (κ3) is 7.65. The van der Waals surface area contributed by atoms with E-state index < -0.39 is 4.92 Å². The van der Waals surface area contributed by atoms with E-state index in [2.05, 4.69) is 21.3 Å². The number of nitrogens with one attached hydrogen (secondary N) is 4. The van der Waals surface area contributed by atoms with E-state index in [1.807, 2.05) is 125 Å². The van der Waals surface area contributed by atoms with Crippen LogP contribution >= 0.6 is 11.6 Å². The Bertz CT molecular complexity index is 1550. The van der Waals surface area contributed by atoms with Gasteiger partial charge in [-0.2, -0.15) is 0 Å². The molecule has 40 heavy (non-hydrogen) atoms. The van der Waals surface area contributed by atoms with E-state index in [1.165, 1.54) is 0 Å². The number of hydrogen-bond acceptors (Lipinski definition) is 6. The molecule has 4 rings (SSSR count). The van der Waals surface area contributed by atoms with Gasteiger partial charge in [-0.15, -0.1) is 0 Å². The lowest BCUT2D eigenvalue weighted by Gasteiger charge is -2.19. The van der Waals surface area contributed by atoms with E-state index in [9.17, 15) is 10.1 Å². The highest BCUT2D eigenvalue weighted by Crippen LogP contribution is 2.28. The molecular weight excluding hydrogens is 522 g/mol. The fourth-order valence-electron chi connectivity index (χ4n) is 4.19. The van der Waals surface area contributed by atoms with Crippen LogP contribution in [0.2, 0.25) is 0 Å². The summed E-state index contributed by atoms with van der Waals surface area (Å²) < 4.78 is 0. The summed E-state index contributed by atoms with van der Waals surface area (Å²) in [4.78, 5) is 12.4. The highest BCUT2D eigenvalue weighted by molar-refractivity contribution is 6.31. The number of nitro groups is 1. The van der Waals surface area contributed by atoms with Gasteiger partial charge in [0.15, 0.2) is 11.5 Å². The van der Waals surface area contributed by atoms with Crippen LogP contribution < -0.4 is 21.3 Å². The maximum atomic E-state index is 12.9. The Morgan fingerprint density at radius 3 is 1.30 bits per heavy atom. The van der Waals surface area contributed by atoms with Gasteiger partial charge in [-0.1, -0.05) is 60.1 Å². The first kappa shape index (κ1) is 28.3. The molecule has 7 nitrogen and oxygen atoms in total. The lowest BCUT2D eigenvalue weighted by molar-refractivity contribution is -0.421. The molecule has 4 aromatic rings. The Kier molecular flexibility index (Phi) is 9.09. The summed E-state index contributed by atoms with van der Waals surface area (Å²) in [5.41, 5.74) is 6.60. The van der Waals surface area contributed by atoms with Crippen LogP contribution in [0.4, 0.5) is 22.7 Å². The maximum Gasteiger partial charge on any atom is 0.335 e. The van der Waals surface area contributed by atoms with Crippen LogP contribution in [-0.2, 0) is 0 Å². The van der Waals surface area contributed by atoms with Gasteiger partial charge in [0.1, 0.15) is 5.16 Å². The molecule has 0 bridgehead atoms. The largest absolute Gasteiger partial charge is 0.347 e. The average molecular weight is 554 g/mol. The minimum atomic E-state index is -0.445. The molecule has 4 N–H and O–H groups in total. The monoisotopic (exact) mass is 553 g/mol. The van der Waals surface area contributed by atoms with Crippen LogP contribution in [0.5, 0.6) is 0 Å². The predicted molar refractivity (Wildman–Crippen MR) is 166 cm³/mol. The van der Waals surface area contributed by atoms with Gasteiger partial charge >= 0.3 is 5.70 Å². The predicted octanol–water partition coefficient (Wildman–Crippen LogP) is 8.52. The van der Waals surface area contributed by atoms with Gasteiger partial charge in [-0.3, -0.25) is 10.1 Å². The fourth-order valence-corrected chi connectivity index (χ4v) is 4.43. The van der Waals surface area contributed by atoms with E-state index in [0.29, 0.717) is 22.7 Å². The van der Waals surface area contributed by atoms with Crippen molar-refractivity contribution in [3.63, 3.8) is 0 Å². The average Bonchev–Trinajstić information content (AvgIpc) is 2.88. The molecule has 0 saturated carbocycles. The van der Waals surface area contributed by atoms with Crippen LogP contribution in [-0.4, -0.2) is 4.92 Å². The second-order valence-corrected chi connectivity index (χ2v) is 10.0. The highest BCUT2D eigenvalue weighted by Gasteiger charge is 2.29. The molecule has 4 aromatic carbocycles. The van der Waals surface area contributed by atoms with Gasteiger partial charge < -0.3 is 21.3 Å². The summed E-state index contributed by atoms with van der Waals surface area (Å²) in [6.45, 7) is 7.84. The van der Waals surface area contributed by atoms with Crippen molar-refractivity contribution in [3.05, 3.63) is 152 Å². The zero-order chi connectivity index (χ0) is 28.6. The number of aryl methyl sites for hydroxylation is 4. The second kappa shape index (κ2) is 12.9. The standard InChI is InChI=1S/C32H32ClN5O2/c1-21-9-5-13-25(17-21)34-29(31(33)35-26-14-6-10-22(2)18-26)30(38(39)40)32(36-27-15-7-11-23(3)19-27)37-28-16-8-12-24(4)20-28/h5-20,34-37H,1-4H3/b31-29+. The summed E-state index contributed by atoms with van der Waals surface area (Å²) in [5, 5.41) is 25.8. The van der Waals surface area contributed by atoms with Gasteiger partial charge in [-0.05, 0) is 98.5 Å². The second-order valence-electron chi connectivity index (χ2n) is 9.65. The maximum absolute atomic E-state index is 12.9. The Balaban J connectivity index is 1.92. The molecule has 0 heterocycles. The third-order valence-electron chi connectivity index (χ3n) is 6.01. The molecule has 0 atom stereocenters. The minimum absolute atomic E-state index is 0.0633. The molecule has 0 spiro atoms. The Labute approximate surface area is 239 Å². The molecule has 0 aliphatic carbocycles. The quantitative estimate of drug-likeness (QED) is 0.0680. The van der Waals surface area contributed by atoms with Gasteiger partial charge in [0, 0.05) is 22.7 Å².